The van der Waals surface area contributed by atoms with E-state index in [-0.39, 0.29) is 0 Å². The number of benzene rings is 1. The van der Waals surface area contributed by atoms with Crippen LogP contribution in [0.25, 0.3) is 5.69 Å². The molecule has 2 aliphatic rings. The molecule has 1 aromatic heterocycles. The number of aliphatic imine (C=N–C) groups is 1. The maximum absolute atomic E-state index is 4.68. The summed E-state index contributed by atoms with van der Waals surface area (Å²) in [6.07, 6.45) is 11.3. The van der Waals surface area contributed by atoms with Crippen LogP contribution >= 0.6 is 0 Å². The Balaban J connectivity index is 1.27. The van der Waals surface area contributed by atoms with E-state index in [1.807, 2.05) is 17.8 Å². The Morgan fingerprint density at radius 2 is 1.96 bits per heavy atom. The first-order valence-electron chi connectivity index (χ1n) is 10.8. The van der Waals surface area contributed by atoms with E-state index in [0.29, 0.717) is 5.41 Å². The molecule has 1 aliphatic carbocycles. The monoisotopic (exact) mass is 379 g/mol. The van der Waals surface area contributed by atoms with Gasteiger partial charge in [-0.05, 0) is 62.1 Å². The van der Waals surface area contributed by atoms with E-state index < -0.39 is 0 Å². The molecule has 0 unspecified atom stereocenters. The smallest absolute Gasteiger partial charge is 0.193 e. The summed E-state index contributed by atoms with van der Waals surface area (Å²) in [5, 5.41) is 8.27. The van der Waals surface area contributed by atoms with Crippen LogP contribution < -0.4 is 5.32 Å². The van der Waals surface area contributed by atoms with Crippen LogP contribution in [0.15, 0.2) is 41.5 Å². The second-order valence-electron chi connectivity index (χ2n) is 8.48. The van der Waals surface area contributed by atoms with E-state index >= 15 is 0 Å². The first kappa shape index (κ1) is 19.0. The van der Waals surface area contributed by atoms with Crippen molar-refractivity contribution in [2.75, 3.05) is 26.7 Å². The minimum atomic E-state index is 0.584. The predicted molar refractivity (Wildman–Crippen MR) is 115 cm³/mol. The number of nitrogens with zero attached hydrogens (tertiary/aromatic N) is 4. The summed E-state index contributed by atoms with van der Waals surface area (Å²) in [6, 6.07) is 10.3. The summed E-state index contributed by atoms with van der Waals surface area (Å²) in [5.74, 6) is 1.08. The van der Waals surface area contributed by atoms with Gasteiger partial charge >= 0.3 is 0 Å². The summed E-state index contributed by atoms with van der Waals surface area (Å²) in [4.78, 5) is 7.02. The van der Waals surface area contributed by atoms with Crippen LogP contribution in [-0.2, 0) is 6.42 Å². The Hall–Kier alpha value is -2.30. The fraction of sp³-hybridized carbons (Fsp3) is 0.565. The van der Waals surface area contributed by atoms with Crippen molar-refractivity contribution < 1.29 is 0 Å². The molecule has 0 atom stereocenters. The van der Waals surface area contributed by atoms with E-state index in [0.717, 1.165) is 43.3 Å². The number of hydrogen-bond donors (Lipinski definition) is 1. The van der Waals surface area contributed by atoms with Crippen LogP contribution in [0.3, 0.4) is 0 Å². The van der Waals surface area contributed by atoms with Crippen molar-refractivity contribution in [3.8, 4) is 5.69 Å². The largest absolute Gasteiger partial charge is 0.356 e. The van der Waals surface area contributed by atoms with Gasteiger partial charge in [0.1, 0.15) is 0 Å². The second kappa shape index (κ2) is 8.38. The zero-order valence-corrected chi connectivity index (χ0v) is 17.3. The minimum absolute atomic E-state index is 0.584. The number of likely N-dealkylation sites (tertiary alicyclic amines) is 1. The average Bonchev–Trinajstić information content (AvgIpc) is 3.45. The van der Waals surface area contributed by atoms with Crippen molar-refractivity contribution in [2.45, 2.75) is 51.9 Å². The molecule has 1 saturated heterocycles. The van der Waals surface area contributed by atoms with E-state index in [1.165, 1.54) is 44.2 Å². The van der Waals surface area contributed by atoms with Crippen LogP contribution in [0.5, 0.6) is 0 Å². The lowest BCUT2D eigenvalue weighted by atomic mass is 9.86. The van der Waals surface area contributed by atoms with Gasteiger partial charge in [0.25, 0.3) is 0 Å². The van der Waals surface area contributed by atoms with Crippen LogP contribution in [0.1, 0.15) is 49.8 Å². The van der Waals surface area contributed by atoms with Gasteiger partial charge in [-0.15, -0.1) is 0 Å². The molecule has 1 N–H and O–H groups in total. The highest BCUT2D eigenvalue weighted by Crippen LogP contribution is 2.45. The molecule has 0 amide bonds. The molecule has 1 saturated carbocycles. The van der Waals surface area contributed by atoms with Gasteiger partial charge in [-0.1, -0.05) is 31.0 Å². The first-order chi connectivity index (χ1) is 13.7. The van der Waals surface area contributed by atoms with Gasteiger partial charge in [0.2, 0.25) is 0 Å². The molecule has 1 aliphatic heterocycles. The maximum Gasteiger partial charge on any atom is 0.193 e. The topological polar surface area (TPSA) is 45.5 Å². The van der Waals surface area contributed by atoms with E-state index in [2.05, 4.69) is 57.7 Å². The lowest BCUT2D eigenvalue weighted by molar-refractivity contribution is 0.309. The number of para-hydroxylation sites is 1. The zero-order valence-electron chi connectivity index (χ0n) is 17.3. The molecule has 2 heterocycles. The number of guanidine groups is 1. The first-order valence-corrected chi connectivity index (χ1v) is 10.8. The number of hydrogen-bond acceptors (Lipinski definition) is 2. The molecule has 0 bridgehead atoms. The van der Waals surface area contributed by atoms with Gasteiger partial charge in [0.05, 0.1) is 11.4 Å². The summed E-state index contributed by atoms with van der Waals surface area (Å²) < 4.78 is 1.99. The number of nitrogens with one attached hydrogen (secondary N) is 1. The van der Waals surface area contributed by atoms with Crippen molar-refractivity contribution in [3.63, 3.8) is 0 Å². The SMILES string of the molecule is CN=C(NCCCc1cn(-c2ccccc2)nc1C)N1CCC2(CCCC2)C1. The Morgan fingerprint density at radius 3 is 2.71 bits per heavy atom. The molecule has 1 spiro atoms. The van der Waals surface area contributed by atoms with Gasteiger partial charge in [0, 0.05) is 32.9 Å². The zero-order chi connectivity index (χ0) is 19.4. The normalized spacial score (nSPS) is 18.9. The number of aromatic nitrogens is 2. The molecule has 5 nitrogen and oxygen atoms in total. The molecule has 150 valence electrons. The third-order valence-electron chi connectivity index (χ3n) is 6.54. The van der Waals surface area contributed by atoms with Gasteiger partial charge in [-0.25, -0.2) is 4.68 Å². The average molecular weight is 380 g/mol. The molecule has 0 radical (unpaired) electrons. The lowest BCUT2D eigenvalue weighted by Gasteiger charge is -2.25. The standard InChI is InChI=1S/C23H33N5/c1-19-20(17-28(26-19)21-10-4-3-5-11-21)9-8-15-25-22(24-2)27-16-14-23(18-27)12-6-7-13-23/h3-5,10-11,17H,6-9,12-16,18H2,1-2H3,(H,24,25). The van der Waals surface area contributed by atoms with Crippen LogP contribution in [-0.4, -0.2) is 47.3 Å². The highest BCUT2D eigenvalue weighted by molar-refractivity contribution is 5.80. The van der Waals surface area contributed by atoms with Crippen LogP contribution in [0.2, 0.25) is 0 Å². The highest BCUT2D eigenvalue weighted by Gasteiger charge is 2.40. The van der Waals surface area contributed by atoms with Gasteiger partial charge in [-0.3, -0.25) is 4.99 Å². The molecular formula is C23H33N5. The third kappa shape index (κ3) is 4.08. The van der Waals surface area contributed by atoms with Crippen molar-refractivity contribution in [2.24, 2.45) is 10.4 Å². The minimum Gasteiger partial charge on any atom is -0.356 e. The molecule has 28 heavy (non-hydrogen) atoms. The van der Waals surface area contributed by atoms with Gasteiger partial charge in [-0.2, -0.15) is 5.10 Å². The van der Waals surface area contributed by atoms with Crippen molar-refractivity contribution in [1.29, 1.82) is 0 Å². The highest BCUT2D eigenvalue weighted by atomic mass is 15.3. The van der Waals surface area contributed by atoms with Crippen molar-refractivity contribution in [1.82, 2.24) is 20.0 Å². The van der Waals surface area contributed by atoms with E-state index in [9.17, 15) is 0 Å². The summed E-state index contributed by atoms with van der Waals surface area (Å²) in [7, 11) is 1.91. The maximum atomic E-state index is 4.68. The van der Waals surface area contributed by atoms with E-state index in [1.54, 1.807) is 0 Å². The Kier molecular flexibility index (Phi) is 5.69. The van der Waals surface area contributed by atoms with Crippen LogP contribution in [0.4, 0.5) is 0 Å². The fourth-order valence-electron chi connectivity index (χ4n) is 4.91. The summed E-state index contributed by atoms with van der Waals surface area (Å²) in [5.41, 5.74) is 4.15. The van der Waals surface area contributed by atoms with Crippen LogP contribution in [0, 0.1) is 12.3 Å². The van der Waals surface area contributed by atoms with E-state index in [4.69, 9.17) is 0 Å². The molecular weight excluding hydrogens is 346 g/mol. The number of rotatable bonds is 5. The summed E-state index contributed by atoms with van der Waals surface area (Å²) >= 11 is 0. The Morgan fingerprint density at radius 1 is 1.18 bits per heavy atom. The van der Waals surface area contributed by atoms with Crippen molar-refractivity contribution in [3.05, 3.63) is 47.8 Å². The Labute approximate surface area is 168 Å². The Bertz CT molecular complexity index is 802. The van der Waals surface area contributed by atoms with Gasteiger partial charge in [0.15, 0.2) is 5.96 Å². The fourth-order valence-corrected chi connectivity index (χ4v) is 4.91. The lowest BCUT2D eigenvalue weighted by Crippen LogP contribution is -2.41. The molecule has 5 heteroatoms. The molecule has 1 aromatic carbocycles. The molecule has 4 rings (SSSR count). The second-order valence-corrected chi connectivity index (χ2v) is 8.48. The third-order valence-corrected chi connectivity index (χ3v) is 6.54. The summed E-state index contributed by atoms with van der Waals surface area (Å²) in [6.45, 7) is 5.40. The van der Waals surface area contributed by atoms with Gasteiger partial charge < -0.3 is 10.2 Å². The molecule has 2 fully saturated rings. The predicted octanol–water partition coefficient (Wildman–Crippen LogP) is 3.95. The molecule has 2 aromatic rings. The number of aryl methyl sites for hydroxylation is 2. The van der Waals surface area contributed by atoms with Crippen molar-refractivity contribution >= 4 is 5.96 Å². The quantitative estimate of drug-likeness (QED) is 0.486.